The summed E-state index contributed by atoms with van der Waals surface area (Å²) in [5.41, 5.74) is 1.19. The second-order valence-corrected chi connectivity index (χ2v) is 6.59. The number of aromatic amines is 1. The van der Waals surface area contributed by atoms with Crippen LogP contribution in [0, 0.1) is 0 Å². The highest BCUT2D eigenvalue weighted by atomic mass is 16.5. The Morgan fingerprint density at radius 1 is 1.32 bits per heavy atom. The average Bonchev–Trinajstić information content (AvgIpc) is 3.16. The molecule has 1 atom stereocenters. The molecular weight excluding hydrogens is 322 g/mol. The summed E-state index contributed by atoms with van der Waals surface area (Å²) in [6, 6.07) is 3.71. The third-order valence-electron chi connectivity index (χ3n) is 4.77. The molecule has 1 N–H and O–H groups in total. The highest BCUT2D eigenvalue weighted by Gasteiger charge is 2.31. The first-order valence-electron chi connectivity index (χ1n) is 8.46. The Hall–Kier alpha value is -2.97. The number of hydrogen-bond acceptors (Lipinski definition) is 6. The number of hydrogen-bond donors (Lipinski definition) is 1. The van der Waals surface area contributed by atoms with Crippen LogP contribution >= 0.6 is 0 Å². The maximum Gasteiger partial charge on any atom is 0.280 e. The standard InChI is InChI=1S/C16H17N7O2/c24-16(12-2-1-6-17-12)22-7-5-11(8-22)23-9-13(19-21-23)15-18-14(20-25-15)10-3-4-10/h1-2,6,9-11,17H,3-5,7-8H2/t11-/m0/s1. The van der Waals surface area contributed by atoms with Crippen LogP contribution in [-0.4, -0.2) is 54.0 Å². The van der Waals surface area contributed by atoms with Gasteiger partial charge in [0.15, 0.2) is 11.5 Å². The number of likely N-dealkylation sites (tertiary alicyclic amines) is 1. The average molecular weight is 339 g/mol. The molecule has 5 rings (SSSR count). The topological polar surface area (TPSA) is 106 Å². The summed E-state index contributed by atoms with van der Waals surface area (Å²) in [4.78, 5) is 21.6. The maximum absolute atomic E-state index is 12.4. The Morgan fingerprint density at radius 2 is 2.24 bits per heavy atom. The van der Waals surface area contributed by atoms with Crippen LogP contribution in [0.4, 0.5) is 0 Å². The van der Waals surface area contributed by atoms with Crippen molar-refractivity contribution in [3.63, 3.8) is 0 Å². The van der Waals surface area contributed by atoms with E-state index in [2.05, 4.69) is 25.4 Å². The molecule has 4 heterocycles. The van der Waals surface area contributed by atoms with E-state index in [0.29, 0.717) is 36.3 Å². The van der Waals surface area contributed by atoms with E-state index in [1.807, 2.05) is 17.2 Å². The van der Waals surface area contributed by atoms with Gasteiger partial charge < -0.3 is 14.4 Å². The number of aromatic nitrogens is 6. The quantitative estimate of drug-likeness (QED) is 0.774. The van der Waals surface area contributed by atoms with Crippen LogP contribution in [0.1, 0.15) is 47.5 Å². The van der Waals surface area contributed by atoms with E-state index in [4.69, 9.17) is 4.52 Å². The SMILES string of the molecule is O=C(c1ccc[nH]1)N1CC[C@H](n2cc(-c3nc(C4CC4)no3)nn2)C1. The van der Waals surface area contributed by atoms with Gasteiger partial charge in [0, 0.05) is 25.2 Å². The van der Waals surface area contributed by atoms with Crippen LogP contribution in [0.15, 0.2) is 29.0 Å². The minimum absolute atomic E-state index is 0.0128. The Morgan fingerprint density at radius 3 is 3.04 bits per heavy atom. The van der Waals surface area contributed by atoms with Crippen LogP contribution in [0.2, 0.25) is 0 Å². The third kappa shape index (κ3) is 2.61. The highest BCUT2D eigenvalue weighted by Crippen LogP contribution is 2.38. The number of rotatable bonds is 4. The molecule has 0 radical (unpaired) electrons. The van der Waals surface area contributed by atoms with E-state index in [0.717, 1.165) is 25.1 Å². The highest BCUT2D eigenvalue weighted by molar-refractivity contribution is 5.92. The Balaban J connectivity index is 1.29. The number of nitrogens with one attached hydrogen (secondary N) is 1. The fraction of sp³-hybridized carbons (Fsp3) is 0.438. The van der Waals surface area contributed by atoms with Gasteiger partial charge in [-0.1, -0.05) is 10.4 Å². The number of amides is 1. The molecule has 1 amide bonds. The predicted octanol–water partition coefficient (Wildman–Crippen LogP) is 1.62. The van der Waals surface area contributed by atoms with Crippen molar-refractivity contribution < 1.29 is 9.32 Å². The van der Waals surface area contributed by atoms with Gasteiger partial charge in [-0.3, -0.25) is 4.79 Å². The molecular formula is C16H17N7O2. The van der Waals surface area contributed by atoms with Crippen LogP contribution in [0.3, 0.4) is 0 Å². The summed E-state index contributed by atoms with van der Waals surface area (Å²) in [6.07, 6.45) is 6.66. The summed E-state index contributed by atoms with van der Waals surface area (Å²) in [5, 5.41) is 12.4. The molecule has 0 spiro atoms. The van der Waals surface area contributed by atoms with Crippen LogP contribution in [0.5, 0.6) is 0 Å². The summed E-state index contributed by atoms with van der Waals surface area (Å²) < 4.78 is 7.08. The van der Waals surface area contributed by atoms with Gasteiger partial charge in [0.05, 0.1) is 12.2 Å². The molecule has 1 aliphatic heterocycles. The molecule has 0 aromatic carbocycles. The lowest BCUT2D eigenvalue weighted by molar-refractivity contribution is 0.0782. The first-order valence-corrected chi connectivity index (χ1v) is 8.46. The molecule has 1 saturated carbocycles. The monoisotopic (exact) mass is 339 g/mol. The summed E-state index contributed by atoms with van der Waals surface area (Å²) >= 11 is 0. The fourth-order valence-electron chi connectivity index (χ4n) is 3.18. The van der Waals surface area contributed by atoms with Gasteiger partial charge in [-0.25, -0.2) is 4.68 Å². The molecule has 2 aliphatic rings. The Bertz CT molecular complexity index is 893. The summed E-state index contributed by atoms with van der Waals surface area (Å²) in [7, 11) is 0. The van der Waals surface area contributed by atoms with Crippen molar-refractivity contribution in [2.24, 2.45) is 0 Å². The molecule has 9 nitrogen and oxygen atoms in total. The van der Waals surface area contributed by atoms with E-state index in [1.54, 1.807) is 16.9 Å². The lowest BCUT2D eigenvalue weighted by Gasteiger charge is -2.15. The molecule has 0 bridgehead atoms. The van der Waals surface area contributed by atoms with Crippen LogP contribution < -0.4 is 0 Å². The lowest BCUT2D eigenvalue weighted by Crippen LogP contribution is -2.29. The maximum atomic E-state index is 12.4. The van der Waals surface area contributed by atoms with Crippen LogP contribution in [0.25, 0.3) is 11.6 Å². The van der Waals surface area contributed by atoms with Gasteiger partial charge >= 0.3 is 0 Å². The fourth-order valence-corrected chi connectivity index (χ4v) is 3.18. The zero-order valence-electron chi connectivity index (χ0n) is 13.5. The smallest absolute Gasteiger partial charge is 0.280 e. The number of H-pyrrole nitrogens is 1. The number of carbonyl (C=O) groups is 1. The largest absolute Gasteiger partial charge is 0.357 e. The van der Waals surface area contributed by atoms with E-state index in [-0.39, 0.29) is 11.9 Å². The van der Waals surface area contributed by atoms with Crippen molar-refractivity contribution in [3.05, 3.63) is 36.0 Å². The lowest BCUT2D eigenvalue weighted by atomic mass is 10.3. The van der Waals surface area contributed by atoms with Crippen molar-refractivity contribution in [2.75, 3.05) is 13.1 Å². The Kier molecular flexibility index (Phi) is 3.19. The van der Waals surface area contributed by atoms with E-state index >= 15 is 0 Å². The van der Waals surface area contributed by atoms with Gasteiger partial charge in [-0.2, -0.15) is 4.98 Å². The van der Waals surface area contributed by atoms with Gasteiger partial charge in [-0.15, -0.1) is 5.10 Å². The molecule has 2 fully saturated rings. The minimum Gasteiger partial charge on any atom is -0.357 e. The van der Waals surface area contributed by atoms with Gasteiger partial charge in [0.1, 0.15) is 5.69 Å². The van der Waals surface area contributed by atoms with Crippen molar-refractivity contribution in [1.29, 1.82) is 0 Å². The molecule has 9 heteroatoms. The molecule has 3 aromatic rings. The third-order valence-corrected chi connectivity index (χ3v) is 4.77. The molecule has 25 heavy (non-hydrogen) atoms. The van der Waals surface area contributed by atoms with Crippen molar-refractivity contribution in [1.82, 2.24) is 35.0 Å². The second kappa shape index (κ2) is 5.54. The number of carbonyl (C=O) groups excluding carboxylic acids is 1. The van der Waals surface area contributed by atoms with E-state index in [1.165, 1.54) is 0 Å². The molecule has 1 saturated heterocycles. The second-order valence-electron chi connectivity index (χ2n) is 6.59. The first kappa shape index (κ1) is 14.4. The normalized spacial score (nSPS) is 20.3. The van der Waals surface area contributed by atoms with Crippen LogP contribution in [-0.2, 0) is 0 Å². The summed E-state index contributed by atoms with van der Waals surface area (Å²) in [5.74, 6) is 1.62. The Labute approximate surface area is 143 Å². The zero-order valence-corrected chi connectivity index (χ0v) is 13.5. The molecule has 1 aliphatic carbocycles. The molecule has 128 valence electrons. The minimum atomic E-state index is 0.0128. The van der Waals surface area contributed by atoms with Gasteiger partial charge in [0.25, 0.3) is 11.8 Å². The van der Waals surface area contributed by atoms with Gasteiger partial charge in [0.2, 0.25) is 0 Å². The van der Waals surface area contributed by atoms with Crippen molar-refractivity contribution in [3.8, 4) is 11.6 Å². The molecule has 3 aromatic heterocycles. The zero-order chi connectivity index (χ0) is 16.8. The van der Waals surface area contributed by atoms with E-state index in [9.17, 15) is 4.79 Å². The molecule has 0 unspecified atom stereocenters. The van der Waals surface area contributed by atoms with Crippen molar-refractivity contribution in [2.45, 2.75) is 31.2 Å². The van der Waals surface area contributed by atoms with E-state index < -0.39 is 0 Å². The predicted molar refractivity (Wildman–Crippen MR) is 85.6 cm³/mol. The first-order chi connectivity index (χ1) is 12.3. The van der Waals surface area contributed by atoms with Crippen molar-refractivity contribution >= 4 is 5.91 Å². The number of nitrogens with zero attached hydrogens (tertiary/aromatic N) is 6. The summed E-state index contributed by atoms with van der Waals surface area (Å²) in [6.45, 7) is 1.31. The van der Waals surface area contributed by atoms with Gasteiger partial charge in [-0.05, 0) is 31.4 Å².